The molecule has 0 spiro atoms. The van der Waals surface area contributed by atoms with Crippen LogP contribution < -0.4 is 5.32 Å². The molecule has 0 heterocycles. The molecular weight excluding hydrogens is 198 g/mol. The second-order valence-corrected chi connectivity index (χ2v) is 5.33. The molecule has 0 rings (SSSR count). The van der Waals surface area contributed by atoms with Gasteiger partial charge < -0.3 is 10.1 Å². The van der Waals surface area contributed by atoms with Gasteiger partial charge in [-0.25, -0.2) is 0 Å². The van der Waals surface area contributed by atoms with Crippen molar-refractivity contribution in [2.45, 2.75) is 72.4 Å². The number of nitrogens with one attached hydrogen (secondary N) is 1. The fraction of sp³-hybridized carbons (Fsp3) is 1.00. The van der Waals surface area contributed by atoms with Crippen molar-refractivity contribution in [1.29, 1.82) is 0 Å². The normalized spacial score (nSPS) is 13.7. The number of rotatable bonds is 10. The standard InChI is InChI=1S/C14H31NO/c1-6-10-15-14(8-7-12(2)3)9-11-16-13(4)5/h12-15H,6-11H2,1-5H3. The quantitative estimate of drug-likeness (QED) is 0.618. The fourth-order valence-electron chi connectivity index (χ4n) is 1.68. The molecule has 0 radical (unpaired) electrons. The van der Waals surface area contributed by atoms with E-state index in [2.05, 4.69) is 39.9 Å². The van der Waals surface area contributed by atoms with Crippen LogP contribution in [0.2, 0.25) is 0 Å². The van der Waals surface area contributed by atoms with Crippen molar-refractivity contribution >= 4 is 0 Å². The Hall–Kier alpha value is -0.0800. The van der Waals surface area contributed by atoms with Crippen LogP contribution in [0.1, 0.15) is 60.3 Å². The molecule has 2 nitrogen and oxygen atoms in total. The first-order valence-corrected chi connectivity index (χ1v) is 6.91. The van der Waals surface area contributed by atoms with Crippen LogP contribution in [0.3, 0.4) is 0 Å². The molecule has 0 saturated heterocycles. The zero-order valence-corrected chi connectivity index (χ0v) is 11.9. The van der Waals surface area contributed by atoms with Gasteiger partial charge in [-0.15, -0.1) is 0 Å². The number of hydrogen-bond acceptors (Lipinski definition) is 2. The Morgan fingerprint density at radius 1 is 1.00 bits per heavy atom. The van der Waals surface area contributed by atoms with Crippen molar-refractivity contribution < 1.29 is 4.74 Å². The first-order valence-electron chi connectivity index (χ1n) is 6.91. The molecular formula is C14H31NO. The smallest absolute Gasteiger partial charge is 0.0518 e. The van der Waals surface area contributed by atoms with E-state index in [-0.39, 0.29) is 0 Å². The van der Waals surface area contributed by atoms with E-state index in [9.17, 15) is 0 Å². The molecule has 0 aromatic heterocycles. The van der Waals surface area contributed by atoms with Crippen molar-refractivity contribution in [3.8, 4) is 0 Å². The van der Waals surface area contributed by atoms with Gasteiger partial charge in [0.15, 0.2) is 0 Å². The molecule has 0 amide bonds. The molecule has 0 aromatic carbocycles. The topological polar surface area (TPSA) is 21.3 Å². The number of hydrogen-bond donors (Lipinski definition) is 1. The van der Waals surface area contributed by atoms with E-state index in [4.69, 9.17) is 4.74 Å². The molecule has 1 atom stereocenters. The van der Waals surface area contributed by atoms with Gasteiger partial charge in [0, 0.05) is 12.6 Å². The van der Waals surface area contributed by atoms with Crippen molar-refractivity contribution in [2.24, 2.45) is 5.92 Å². The Morgan fingerprint density at radius 3 is 2.19 bits per heavy atom. The van der Waals surface area contributed by atoms with Crippen LogP contribution in [0.4, 0.5) is 0 Å². The molecule has 1 N–H and O–H groups in total. The van der Waals surface area contributed by atoms with Gasteiger partial charge >= 0.3 is 0 Å². The van der Waals surface area contributed by atoms with Crippen molar-refractivity contribution in [1.82, 2.24) is 5.32 Å². The van der Waals surface area contributed by atoms with Gasteiger partial charge in [-0.1, -0.05) is 20.8 Å². The largest absolute Gasteiger partial charge is 0.379 e. The molecule has 0 fully saturated rings. The summed E-state index contributed by atoms with van der Waals surface area (Å²) in [6.07, 6.45) is 5.30. The van der Waals surface area contributed by atoms with Crippen LogP contribution in [-0.2, 0) is 4.74 Å². The predicted molar refractivity (Wildman–Crippen MR) is 71.9 cm³/mol. The molecule has 98 valence electrons. The summed E-state index contributed by atoms with van der Waals surface area (Å²) in [4.78, 5) is 0. The highest BCUT2D eigenvalue weighted by Crippen LogP contribution is 2.10. The molecule has 1 unspecified atom stereocenters. The van der Waals surface area contributed by atoms with Gasteiger partial charge in [0.1, 0.15) is 0 Å². The molecule has 2 heteroatoms. The predicted octanol–water partition coefficient (Wildman–Crippen LogP) is 3.61. The lowest BCUT2D eigenvalue weighted by atomic mass is 10.0. The highest BCUT2D eigenvalue weighted by atomic mass is 16.5. The van der Waals surface area contributed by atoms with Crippen LogP contribution in [0, 0.1) is 5.92 Å². The van der Waals surface area contributed by atoms with Crippen LogP contribution in [0.25, 0.3) is 0 Å². The Bertz CT molecular complexity index is 146. The lowest BCUT2D eigenvalue weighted by molar-refractivity contribution is 0.0706. The van der Waals surface area contributed by atoms with Gasteiger partial charge in [-0.2, -0.15) is 0 Å². The fourth-order valence-corrected chi connectivity index (χ4v) is 1.68. The minimum absolute atomic E-state index is 0.358. The van der Waals surface area contributed by atoms with E-state index in [1.165, 1.54) is 19.3 Å². The van der Waals surface area contributed by atoms with E-state index in [1.54, 1.807) is 0 Å². The number of ether oxygens (including phenoxy) is 1. The average Bonchev–Trinajstić information content (AvgIpc) is 2.20. The van der Waals surface area contributed by atoms with Crippen molar-refractivity contribution in [2.75, 3.05) is 13.2 Å². The van der Waals surface area contributed by atoms with Crippen LogP contribution in [0.15, 0.2) is 0 Å². The molecule has 16 heavy (non-hydrogen) atoms. The molecule has 0 aliphatic heterocycles. The highest BCUT2D eigenvalue weighted by molar-refractivity contribution is 4.67. The third-order valence-corrected chi connectivity index (χ3v) is 2.69. The first kappa shape index (κ1) is 15.9. The van der Waals surface area contributed by atoms with Crippen LogP contribution in [0.5, 0.6) is 0 Å². The second-order valence-electron chi connectivity index (χ2n) is 5.33. The Labute approximate surface area is 102 Å². The van der Waals surface area contributed by atoms with Gasteiger partial charge in [-0.3, -0.25) is 0 Å². The van der Waals surface area contributed by atoms with Gasteiger partial charge in [0.25, 0.3) is 0 Å². The zero-order valence-electron chi connectivity index (χ0n) is 11.9. The summed E-state index contributed by atoms with van der Waals surface area (Å²) in [7, 11) is 0. The minimum atomic E-state index is 0.358. The summed E-state index contributed by atoms with van der Waals surface area (Å²) >= 11 is 0. The molecule has 0 aliphatic carbocycles. The summed E-state index contributed by atoms with van der Waals surface area (Å²) in [5, 5.41) is 3.62. The maximum atomic E-state index is 5.62. The lowest BCUT2D eigenvalue weighted by Gasteiger charge is -2.20. The Kier molecular flexibility index (Phi) is 10.0. The summed E-state index contributed by atoms with van der Waals surface area (Å²) in [5.41, 5.74) is 0. The maximum Gasteiger partial charge on any atom is 0.0518 e. The molecule has 0 aliphatic rings. The average molecular weight is 229 g/mol. The minimum Gasteiger partial charge on any atom is -0.379 e. The SMILES string of the molecule is CCCNC(CCOC(C)C)CCC(C)C. The highest BCUT2D eigenvalue weighted by Gasteiger charge is 2.09. The first-order chi connectivity index (χ1) is 7.56. The monoisotopic (exact) mass is 229 g/mol. The zero-order chi connectivity index (χ0) is 12.4. The summed E-state index contributed by atoms with van der Waals surface area (Å²) < 4.78 is 5.62. The van der Waals surface area contributed by atoms with Crippen molar-refractivity contribution in [3.63, 3.8) is 0 Å². The lowest BCUT2D eigenvalue weighted by Crippen LogP contribution is -2.31. The third-order valence-electron chi connectivity index (χ3n) is 2.69. The maximum absolute atomic E-state index is 5.62. The molecule has 0 saturated carbocycles. The van der Waals surface area contributed by atoms with Crippen molar-refractivity contribution in [3.05, 3.63) is 0 Å². The third kappa shape index (κ3) is 10.4. The van der Waals surface area contributed by atoms with Gasteiger partial charge in [0.2, 0.25) is 0 Å². The second kappa shape index (κ2) is 10.1. The van der Waals surface area contributed by atoms with E-state index < -0.39 is 0 Å². The van der Waals surface area contributed by atoms with E-state index in [0.29, 0.717) is 12.1 Å². The summed E-state index contributed by atoms with van der Waals surface area (Å²) in [6, 6.07) is 0.640. The van der Waals surface area contributed by atoms with Gasteiger partial charge in [-0.05, 0) is 52.0 Å². The Balaban J connectivity index is 3.71. The summed E-state index contributed by atoms with van der Waals surface area (Å²) in [5.74, 6) is 0.803. The van der Waals surface area contributed by atoms with Crippen LogP contribution >= 0.6 is 0 Å². The molecule has 0 bridgehead atoms. The molecule has 0 aromatic rings. The van der Waals surface area contributed by atoms with E-state index >= 15 is 0 Å². The van der Waals surface area contributed by atoms with Crippen LogP contribution in [-0.4, -0.2) is 25.3 Å². The summed E-state index contributed by atoms with van der Waals surface area (Å²) in [6.45, 7) is 13.0. The van der Waals surface area contributed by atoms with E-state index in [0.717, 1.165) is 25.5 Å². The Morgan fingerprint density at radius 2 is 1.69 bits per heavy atom. The van der Waals surface area contributed by atoms with E-state index in [1.807, 2.05) is 0 Å². The van der Waals surface area contributed by atoms with Gasteiger partial charge in [0.05, 0.1) is 6.10 Å².